The van der Waals surface area contributed by atoms with Gasteiger partial charge in [0.05, 0.1) is 12.8 Å². The van der Waals surface area contributed by atoms with Crippen LogP contribution in [0.1, 0.15) is 31.1 Å². The van der Waals surface area contributed by atoms with Gasteiger partial charge in [0.2, 0.25) is 0 Å². The van der Waals surface area contributed by atoms with Gasteiger partial charge in [0, 0.05) is 38.8 Å². The van der Waals surface area contributed by atoms with Crippen molar-refractivity contribution in [2.75, 3.05) is 31.1 Å². The fourth-order valence-electron chi connectivity index (χ4n) is 2.95. The maximum absolute atomic E-state index is 5.35. The van der Waals surface area contributed by atoms with Crippen molar-refractivity contribution in [2.45, 2.75) is 32.7 Å². The van der Waals surface area contributed by atoms with Gasteiger partial charge in [0.15, 0.2) is 5.96 Å². The number of hydrogen-bond donors (Lipinski definition) is 2. The molecule has 134 valence electrons. The van der Waals surface area contributed by atoms with Crippen molar-refractivity contribution in [3.63, 3.8) is 0 Å². The van der Waals surface area contributed by atoms with Gasteiger partial charge in [-0.05, 0) is 49.6 Å². The summed E-state index contributed by atoms with van der Waals surface area (Å²) in [6.45, 7) is 6.55. The van der Waals surface area contributed by atoms with Crippen molar-refractivity contribution < 1.29 is 4.42 Å². The summed E-state index contributed by atoms with van der Waals surface area (Å²) in [5.74, 6) is 2.88. The van der Waals surface area contributed by atoms with Crippen LogP contribution in [0.4, 0.5) is 5.82 Å². The van der Waals surface area contributed by atoms with E-state index in [1.807, 2.05) is 24.4 Å². The van der Waals surface area contributed by atoms with Gasteiger partial charge in [-0.2, -0.15) is 0 Å². The molecule has 6 nitrogen and oxygen atoms in total. The van der Waals surface area contributed by atoms with Gasteiger partial charge < -0.3 is 20.0 Å². The summed E-state index contributed by atoms with van der Waals surface area (Å²) in [6.07, 6.45) is 6.94. The molecule has 1 saturated heterocycles. The highest BCUT2D eigenvalue weighted by atomic mass is 16.3. The number of rotatable bonds is 7. The van der Waals surface area contributed by atoms with Crippen molar-refractivity contribution >= 4 is 11.8 Å². The summed E-state index contributed by atoms with van der Waals surface area (Å²) in [4.78, 5) is 11.5. The van der Waals surface area contributed by atoms with Crippen LogP contribution >= 0.6 is 0 Å². The molecule has 3 heterocycles. The van der Waals surface area contributed by atoms with E-state index in [4.69, 9.17) is 4.42 Å². The molecule has 1 fully saturated rings. The van der Waals surface area contributed by atoms with Gasteiger partial charge in [-0.15, -0.1) is 0 Å². The van der Waals surface area contributed by atoms with E-state index in [1.165, 1.54) is 18.4 Å². The average molecular weight is 341 g/mol. The Morgan fingerprint density at radius 2 is 2.16 bits per heavy atom. The second-order valence-corrected chi connectivity index (χ2v) is 6.17. The molecule has 2 aromatic heterocycles. The Morgan fingerprint density at radius 3 is 2.92 bits per heavy atom. The third-order valence-corrected chi connectivity index (χ3v) is 4.25. The van der Waals surface area contributed by atoms with Crippen LogP contribution in [-0.4, -0.2) is 37.1 Å². The second kappa shape index (κ2) is 9.11. The maximum Gasteiger partial charge on any atom is 0.191 e. The molecule has 3 rings (SSSR count). The van der Waals surface area contributed by atoms with Crippen LogP contribution in [-0.2, 0) is 13.0 Å². The molecule has 2 aromatic rings. The average Bonchev–Trinajstić information content (AvgIpc) is 3.34. The number of anilines is 1. The molecule has 0 aliphatic carbocycles. The fourth-order valence-corrected chi connectivity index (χ4v) is 2.95. The smallest absolute Gasteiger partial charge is 0.191 e. The van der Waals surface area contributed by atoms with Gasteiger partial charge in [-0.25, -0.2) is 9.98 Å². The molecule has 0 spiro atoms. The summed E-state index contributed by atoms with van der Waals surface area (Å²) in [5.41, 5.74) is 1.18. The van der Waals surface area contributed by atoms with Crippen LogP contribution in [0, 0.1) is 0 Å². The molecule has 0 amide bonds. The SMILES string of the molecule is CCNC(=NCc1ccnc(N2CCCC2)c1)NCCc1ccco1. The number of nitrogens with zero attached hydrogens (tertiary/aromatic N) is 3. The Balaban J connectivity index is 1.55. The molecule has 25 heavy (non-hydrogen) atoms. The third kappa shape index (κ3) is 5.24. The minimum Gasteiger partial charge on any atom is -0.469 e. The van der Waals surface area contributed by atoms with E-state index >= 15 is 0 Å². The van der Waals surface area contributed by atoms with Crippen LogP contribution in [0.15, 0.2) is 46.1 Å². The van der Waals surface area contributed by atoms with Crippen molar-refractivity contribution in [3.8, 4) is 0 Å². The first kappa shape index (κ1) is 17.3. The molecule has 0 bridgehead atoms. The number of guanidine groups is 1. The predicted octanol–water partition coefficient (Wildman–Crippen LogP) is 2.57. The standard InChI is InChI=1S/C19H27N5O/c1-2-20-19(22-10-8-17-6-5-13-25-17)23-15-16-7-9-21-18(14-16)24-11-3-4-12-24/h5-7,9,13-14H,2-4,8,10-12,15H2,1H3,(H2,20,22,23). The van der Waals surface area contributed by atoms with Crippen LogP contribution < -0.4 is 15.5 Å². The predicted molar refractivity (Wildman–Crippen MR) is 101 cm³/mol. The Bertz CT molecular complexity index is 662. The summed E-state index contributed by atoms with van der Waals surface area (Å²) in [7, 11) is 0. The molecule has 1 aliphatic rings. The summed E-state index contributed by atoms with van der Waals surface area (Å²) >= 11 is 0. The molecular formula is C19H27N5O. The van der Waals surface area contributed by atoms with Crippen molar-refractivity contribution in [1.29, 1.82) is 0 Å². The number of pyridine rings is 1. The van der Waals surface area contributed by atoms with Crippen LogP contribution in [0.3, 0.4) is 0 Å². The van der Waals surface area contributed by atoms with E-state index in [0.717, 1.165) is 50.1 Å². The molecule has 6 heteroatoms. The van der Waals surface area contributed by atoms with E-state index in [9.17, 15) is 0 Å². The Kier molecular flexibility index (Phi) is 6.31. The summed E-state index contributed by atoms with van der Waals surface area (Å²) in [6, 6.07) is 8.09. The van der Waals surface area contributed by atoms with E-state index in [0.29, 0.717) is 6.54 Å². The number of aromatic nitrogens is 1. The molecule has 1 aliphatic heterocycles. The van der Waals surface area contributed by atoms with Gasteiger partial charge in [0.1, 0.15) is 11.6 Å². The van der Waals surface area contributed by atoms with Gasteiger partial charge in [-0.3, -0.25) is 0 Å². The lowest BCUT2D eigenvalue weighted by Crippen LogP contribution is -2.38. The topological polar surface area (TPSA) is 65.7 Å². The minimum atomic E-state index is 0.638. The molecular weight excluding hydrogens is 314 g/mol. The Morgan fingerprint density at radius 1 is 1.28 bits per heavy atom. The zero-order chi connectivity index (χ0) is 17.3. The highest BCUT2D eigenvalue weighted by Crippen LogP contribution is 2.18. The lowest BCUT2D eigenvalue weighted by molar-refractivity contribution is 0.507. The summed E-state index contributed by atoms with van der Waals surface area (Å²) in [5, 5.41) is 6.64. The lowest BCUT2D eigenvalue weighted by Gasteiger charge is -2.16. The molecule has 2 N–H and O–H groups in total. The van der Waals surface area contributed by atoms with Crippen LogP contribution in [0.25, 0.3) is 0 Å². The van der Waals surface area contributed by atoms with Gasteiger partial charge in [-0.1, -0.05) is 0 Å². The quantitative estimate of drug-likeness (QED) is 0.598. The zero-order valence-electron chi connectivity index (χ0n) is 14.9. The van der Waals surface area contributed by atoms with Crippen molar-refractivity contribution in [2.24, 2.45) is 4.99 Å². The number of hydrogen-bond acceptors (Lipinski definition) is 4. The minimum absolute atomic E-state index is 0.638. The fraction of sp³-hybridized carbons (Fsp3) is 0.474. The largest absolute Gasteiger partial charge is 0.469 e. The lowest BCUT2D eigenvalue weighted by atomic mass is 10.2. The van der Waals surface area contributed by atoms with E-state index < -0.39 is 0 Å². The molecule has 0 saturated carbocycles. The van der Waals surface area contributed by atoms with Gasteiger partial charge in [0.25, 0.3) is 0 Å². The number of aliphatic imine (C=N–C) groups is 1. The molecule has 0 atom stereocenters. The Hall–Kier alpha value is -2.50. The highest BCUT2D eigenvalue weighted by Gasteiger charge is 2.13. The van der Waals surface area contributed by atoms with Crippen LogP contribution in [0.2, 0.25) is 0 Å². The first-order valence-electron chi connectivity index (χ1n) is 9.09. The summed E-state index contributed by atoms with van der Waals surface area (Å²) < 4.78 is 5.35. The number of furan rings is 1. The molecule has 0 unspecified atom stereocenters. The second-order valence-electron chi connectivity index (χ2n) is 6.17. The van der Waals surface area contributed by atoms with Gasteiger partial charge >= 0.3 is 0 Å². The van der Waals surface area contributed by atoms with E-state index in [-0.39, 0.29) is 0 Å². The first-order valence-corrected chi connectivity index (χ1v) is 9.09. The highest BCUT2D eigenvalue weighted by molar-refractivity contribution is 5.79. The van der Waals surface area contributed by atoms with Crippen molar-refractivity contribution in [3.05, 3.63) is 48.0 Å². The first-order chi connectivity index (χ1) is 12.3. The maximum atomic E-state index is 5.35. The van der Waals surface area contributed by atoms with Crippen LogP contribution in [0.5, 0.6) is 0 Å². The van der Waals surface area contributed by atoms with Crippen molar-refractivity contribution in [1.82, 2.24) is 15.6 Å². The molecule has 0 radical (unpaired) electrons. The zero-order valence-corrected chi connectivity index (χ0v) is 14.9. The van der Waals surface area contributed by atoms with E-state index in [2.05, 4.69) is 38.5 Å². The van der Waals surface area contributed by atoms with E-state index in [1.54, 1.807) is 6.26 Å². The molecule has 0 aromatic carbocycles. The number of nitrogens with one attached hydrogen (secondary N) is 2. The third-order valence-electron chi connectivity index (χ3n) is 4.25. The monoisotopic (exact) mass is 341 g/mol. The Labute approximate surface area is 149 Å². The normalized spacial score (nSPS) is 14.8.